The first-order valence-electron chi connectivity index (χ1n) is 29.7. The third kappa shape index (κ3) is 54.3. The van der Waals surface area contributed by atoms with Crippen LogP contribution in [0.4, 0.5) is 0 Å². The highest BCUT2D eigenvalue weighted by Crippen LogP contribution is 2.16. The van der Waals surface area contributed by atoms with Gasteiger partial charge < -0.3 is 14.2 Å². The van der Waals surface area contributed by atoms with Crippen molar-refractivity contribution < 1.29 is 28.6 Å². The monoisotopic (exact) mass is 953 g/mol. The standard InChI is InChI=1S/C62H112O6/c1-4-7-10-13-16-19-22-25-28-30-32-34-37-40-43-46-49-52-55-61(64)67-58-59(57-66-60(63)54-51-48-45-42-39-36-33-27-24-21-18-15-12-9-6-3)68-62(65)56-53-50-47-44-41-38-35-31-29-26-23-20-17-14-11-8-5-2/h18,21,24,27-28,30,32,34,59H,4-17,19-20,22-23,25-26,29,31,33,35-58H2,1-3H3/b21-18-,27-24-,30-28-,34-32-. The molecule has 0 amide bonds. The summed E-state index contributed by atoms with van der Waals surface area (Å²) in [7, 11) is 0. The van der Waals surface area contributed by atoms with E-state index in [0.29, 0.717) is 19.3 Å². The highest BCUT2D eigenvalue weighted by molar-refractivity contribution is 5.71. The van der Waals surface area contributed by atoms with E-state index >= 15 is 0 Å². The zero-order chi connectivity index (χ0) is 49.3. The molecule has 0 rings (SSSR count). The van der Waals surface area contributed by atoms with Crippen LogP contribution < -0.4 is 0 Å². The number of unbranched alkanes of at least 4 members (excludes halogenated alkanes) is 37. The summed E-state index contributed by atoms with van der Waals surface area (Å²) >= 11 is 0. The summed E-state index contributed by atoms with van der Waals surface area (Å²) in [4.78, 5) is 38.2. The Hall–Kier alpha value is -2.63. The predicted molar refractivity (Wildman–Crippen MR) is 293 cm³/mol. The third-order valence-corrected chi connectivity index (χ3v) is 13.1. The molecule has 0 aromatic heterocycles. The SMILES string of the molecule is CCCCC/C=C\C=C/CCCCCCCCC(=O)OCC(COC(=O)CCCCCCC/C=C\C=C/CCCCCCCCC)OC(=O)CCCCCCCCCCCCCCCCCCC. The van der Waals surface area contributed by atoms with Gasteiger partial charge in [0.1, 0.15) is 13.2 Å². The van der Waals surface area contributed by atoms with Crippen LogP contribution in [0.25, 0.3) is 0 Å². The summed E-state index contributed by atoms with van der Waals surface area (Å²) in [5, 5.41) is 0. The molecule has 0 heterocycles. The molecular weight excluding hydrogens is 841 g/mol. The van der Waals surface area contributed by atoms with Crippen LogP contribution in [0.5, 0.6) is 0 Å². The van der Waals surface area contributed by atoms with Crippen LogP contribution in [-0.2, 0) is 28.6 Å². The van der Waals surface area contributed by atoms with Crippen LogP contribution in [-0.4, -0.2) is 37.2 Å². The second-order valence-electron chi connectivity index (χ2n) is 20.0. The summed E-state index contributed by atoms with van der Waals surface area (Å²) in [5.41, 5.74) is 0. The first-order valence-corrected chi connectivity index (χ1v) is 29.7. The smallest absolute Gasteiger partial charge is 0.306 e. The molecule has 0 aliphatic carbocycles. The minimum absolute atomic E-state index is 0.0816. The van der Waals surface area contributed by atoms with Crippen LogP contribution in [0.3, 0.4) is 0 Å². The fraction of sp³-hybridized carbons (Fsp3) is 0.823. The van der Waals surface area contributed by atoms with Gasteiger partial charge in [0.2, 0.25) is 0 Å². The number of esters is 3. The highest BCUT2D eigenvalue weighted by atomic mass is 16.6. The molecule has 396 valence electrons. The van der Waals surface area contributed by atoms with Gasteiger partial charge >= 0.3 is 17.9 Å². The Morgan fingerprint density at radius 1 is 0.294 bits per heavy atom. The van der Waals surface area contributed by atoms with Crippen molar-refractivity contribution in [3.8, 4) is 0 Å². The lowest BCUT2D eigenvalue weighted by molar-refractivity contribution is -0.167. The third-order valence-electron chi connectivity index (χ3n) is 13.1. The minimum atomic E-state index is -0.782. The van der Waals surface area contributed by atoms with E-state index in [9.17, 15) is 14.4 Å². The van der Waals surface area contributed by atoms with Crippen molar-refractivity contribution in [3.05, 3.63) is 48.6 Å². The lowest BCUT2D eigenvalue weighted by Crippen LogP contribution is -2.30. The van der Waals surface area contributed by atoms with Gasteiger partial charge in [0.05, 0.1) is 0 Å². The second-order valence-corrected chi connectivity index (χ2v) is 20.0. The Labute approximate surface area is 422 Å². The maximum absolute atomic E-state index is 12.9. The summed E-state index contributed by atoms with van der Waals surface area (Å²) < 4.78 is 16.9. The van der Waals surface area contributed by atoms with Crippen molar-refractivity contribution >= 4 is 17.9 Å². The van der Waals surface area contributed by atoms with E-state index in [1.807, 2.05) is 0 Å². The van der Waals surface area contributed by atoms with Gasteiger partial charge in [0.15, 0.2) is 6.10 Å². The van der Waals surface area contributed by atoms with E-state index in [2.05, 4.69) is 69.4 Å². The van der Waals surface area contributed by atoms with Gasteiger partial charge in [-0.15, -0.1) is 0 Å². The van der Waals surface area contributed by atoms with Crippen LogP contribution in [0.2, 0.25) is 0 Å². The second kappa shape index (κ2) is 57.0. The predicted octanol–water partition coefficient (Wildman–Crippen LogP) is 19.8. The molecule has 0 radical (unpaired) electrons. The van der Waals surface area contributed by atoms with Gasteiger partial charge in [0.25, 0.3) is 0 Å². The number of allylic oxidation sites excluding steroid dienone is 8. The van der Waals surface area contributed by atoms with Crippen molar-refractivity contribution in [1.82, 2.24) is 0 Å². The molecule has 0 spiro atoms. The van der Waals surface area contributed by atoms with E-state index in [1.165, 1.54) is 186 Å². The Bertz CT molecular complexity index is 1190. The van der Waals surface area contributed by atoms with E-state index in [1.54, 1.807) is 0 Å². The van der Waals surface area contributed by atoms with E-state index in [-0.39, 0.29) is 31.1 Å². The molecule has 0 aromatic rings. The number of hydrogen-bond acceptors (Lipinski definition) is 6. The van der Waals surface area contributed by atoms with Crippen molar-refractivity contribution in [3.63, 3.8) is 0 Å². The molecule has 0 saturated heterocycles. The van der Waals surface area contributed by atoms with E-state index in [0.717, 1.165) is 83.5 Å². The molecule has 6 nitrogen and oxygen atoms in total. The van der Waals surface area contributed by atoms with Gasteiger partial charge in [-0.25, -0.2) is 0 Å². The molecule has 0 N–H and O–H groups in total. The highest BCUT2D eigenvalue weighted by Gasteiger charge is 2.19. The van der Waals surface area contributed by atoms with Gasteiger partial charge in [-0.05, 0) is 70.6 Å². The van der Waals surface area contributed by atoms with Crippen LogP contribution in [0.1, 0.15) is 310 Å². The number of carbonyl (C=O) groups excluding carboxylic acids is 3. The van der Waals surface area contributed by atoms with Gasteiger partial charge in [0, 0.05) is 19.3 Å². The Balaban J connectivity index is 4.39. The summed E-state index contributed by atoms with van der Waals surface area (Å²) in [6.07, 6.45) is 69.5. The van der Waals surface area contributed by atoms with Gasteiger partial charge in [-0.3, -0.25) is 14.4 Å². The van der Waals surface area contributed by atoms with Gasteiger partial charge in [-0.2, -0.15) is 0 Å². The fourth-order valence-corrected chi connectivity index (χ4v) is 8.60. The average Bonchev–Trinajstić information content (AvgIpc) is 3.34. The molecule has 0 saturated carbocycles. The molecule has 0 fully saturated rings. The summed E-state index contributed by atoms with van der Waals surface area (Å²) in [6, 6.07) is 0. The fourth-order valence-electron chi connectivity index (χ4n) is 8.60. The van der Waals surface area contributed by atoms with Crippen LogP contribution in [0, 0.1) is 0 Å². The van der Waals surface area contributed by atoms with Crippen LogP contribution in [0.15, 0.2) is 48.6 Å². The molecule has 6 heteroatoms. The summed E-state index contributed by atoms with van der Waals surface area (Å²) in [5.74, 6) is -0.890. The van der Waals surface area contributed by atoms with Crippen LogP contribution >= 0.6 is 0 Å². The molecule has 0 aliphatic rings. The minimum Gasteiger partial charge on any atom is -0.462 e. The number of hydrogen-bond donors (Lipinski definition) is 0. The Morgan fingerprint density at radius 2 is 0.515 bits per heavy atom. The molecule has 1 unspecified atom stereocenters. The molecule has 0 bridgehead atoms. The van der Waals surface area contributed by atoms with Crippen molar-refractivity contribution in [2.75, 3.05) is 13.2 Å². The van der Waals surface area contributed by atoms with Gasteiger partial charge in [-0.1, -0.05) is 268 Å². The van der Waals surface area contributed by atoms with E-state index in [4.69, 9.17) is 14.2 Å². The average molecular weight is 954 g/mol. The number of ether oxygens (including phenoxy) is 3. The lowest BCUT2D eigenvalue weighted by Gasteiger charge is -2.18. The normalized spacial score (nSPS) is 12.3. The number of rotatable bonds is 54. The lowest BCUT2D eigenvalue weighted by atomic mass is 10.0. The maximum atomic E-state index is 12.9. The Kier molecular flexibility index (Phi) is 54.8. The first-order chi connectivity index (χ1) is 33.5. The first kappa shape index (κ1) is 65.4. The number of carbonyl (C=O) groups is 3. The zero-order valence-corrected chi connectivity index (χ0v) is 45.4. The maximum Gasteiger partial charge on any atom is 0.306 e. The topological polar surface area (TPSA) is 78.9 Å². The van der Waals surface area contributed by atoms with Crippen molar-refractivity contribution in [2.24, 2.45) is 0 Å². The summed E-state index contributed by atoms with van der Waals surface area (Å²) in [6.45, 7) is 6.62. The quantitative estimate of drug-likeness (QED) is 0.0262. The van der Waals surface area contributed by atoms with Crippen molar-refractivity contribution in [1.29, 1.82) is 0 Å². The molecule has 68 heavy (non-hydrogen) atoms. The molecule has 0 aromatic carbocycles. The molecule has 0 aliphatic heterocycles. The molecular formula is C62H112O6. The zero-order valence-electron chi connectivity index (χ0n) is 45.4. The van der Waals surface area contributed by atoms with E-state index < -0.39 is 6.10 Å². The largest absolute Gasteiger partial charge is 0.462 e. The molecule has 1 atom stereocenters. The Morgan fingerprint density at radius 3 is 0.809 bits per heavy atom. The van der Waals surface area contributed by atoms with Crippen molar-refractivity contribution in [2.45, 2.75) is 316 Å².